The Morgan fingerprint density at radius 3 is 2.52 bits per heavy atom. The summed E-state index contributed by atoms with van der Waals surface area (Å²) >= 11 is 1.61. The predicted octanol–water partition coefficient (Wildman–Crippen LogP) is 4.32. The van der Waals surface area contributed by atoms with Crippen LogP contribution >= 0.6 is 11.3 Å². The van der Waals surface area contributed by atoms with E-state index in [9.17, 15) is 4.79 Å². The molecule has 0 fully saturated rings. The van der Waals surface area contributed by atoms with Gasteiger partial charge in [-0.1, -0.05) is 17.7 Å². The lowest BCUT2D eigenvalue weighted by atomic mass is 9.99. The minimum atomic E-state index is -0.108. The Balaban J connectivity index is 1.70. The summed E-state index contributed by atoms with van der Waals surface area (Å²) in [6, 6.07) is 6.29. The number of hydrogen-bond acceptors (Lipinski definition) is 3. The molecule has 0 aliphatic heterocycles. The van der Waals surface area contributed by atoms with E-state index in [1.165, 1.54) is 40.0 Å². The molecule has 1 aliphatic rings. The summed E-state index contributed by atoms with van der Waals surface area (Å²) in [6.07, 6.45) is 6.42. The average molecular weight is 326 g/mol. The highest BCUT2D eigenvalue weighted by molar-refractivity contribution is 7.14. The van der Waals surface area contributed by atoms with Crippen molar-refractivity contribution in [2.75, 3.05) is 0 Å². The van der Waals surface area contributed by atoms with Crippen LogP contribution in [0.4, 0.5) is 0 Å². The van der Waals surface area contributed by atoms with Crippen LogP contribution in [0.2, 0.25) is 0 Å². The fourth-order valence-corrected chi connectivity index (χ4v) is 4.35. The fourth-order valence-electron chi connectivity index (χ4n) is 3.21. The molecule has 1 N–H and O–H groups in total. The number of aryl methyl sites for hydroxylation is 5. The third kappa shape index (κ3) is 3.53. The smallest absolute Gasteiger partial charge is 0.266 e. The Labute approximate surface area is 141 Å². The van der Waals surface area contributed by atoms with Crippen molar-refractivity contribution >= 4 is 23.5 Å². The van der Waals surface area contributed by atoms with Crippen LogP contribution in [0.15, 0.2) is 23.3 Å². The highest BCUT2D eigenvalue weighted by atomic mass is 32.1. The number of thiophene rings is 1. The highest BCUT2D eigenvalue weighted by Crippen LogP contribution is 2.29. The molecular weight excluding hydrogens is 304 g/mol. The molecule has 2 aromatic rings. The van der Waals surface area contributed by atoms with Gasteiger partial charge in [0.1, 0.15) is 0 Å². The maximum absolute atomic E-state index is 12.3. The Morgan fingerprint density at radius 1 is 1.13 bits per heavy atom. The van der Waals surface area contributed by atoms with Gasteiger partial charge in [-0.25, -0.2) is 5.43 Å². The van der Waals surface area contributed by atoms with Gasteiger partial charge in [0.25, 0.3) is 5.91 Å². The Hall–Kier alpha value is -1.94. The molecule has 1 amide bonds. The normalized spacial score (nSPS) is 14.0. The molecule has 120 valence electrons. The maximum atomic E-state index is 12.3. The number of carbonyl (C=O) groups is 1. The van der Waals surface area contributed by atoms with Gasteiger partial charge in [0.05, 0.1) is 11.1 Å². The van der Waals surface area contributed by atoms with Crippen LogP contribution in [0.3, 0.4) is 0 Å². The second-order valence-corrected chi connectivity index (χ2v) is 7.41. The summed E-state index contributed by atoms with van der Waals surface area (Å²) < 4.78 is 0. The van der Waals surface area contributed by atoms with E-state index in [-0.39, 0.29) is 5.91 Å². The van der Waals surface area contributed by atoms with E-state index in [1.54, 1.807) is 17.6 Å². The van der Waals surface area contributed by atoms with E-state index >= 15 is 0 Å². The first kappa shape index (κ1) is 15.9. The molecule has 4 heteroatoms. The average Bonchev–Trinajstić information content (AvgIpc) is 2.93. The molecule has 23 heavy (non-hydrogen) atoms. The summed E-state index contributed by atoms with van der Waals surface area (Å²) in [6.45, 7) is 6.22. The first-order chi connectivity index (χ1) is 11.0. The van der Waals surface area contributed by atoms with Crippen molar-refractivity contribution in [1.82, 2.24) is 5.43 Å². The van der Waals surface area contributed by atoms with Crippen molar-refractivity contribution < 1.29 is 4.79 Å². The monoisotopic (exact) mass is 326 g/mol. The molecule has 1 heterocycles. The van der Waals surface area contributed by atoms with Crippen LogP contribution < -0.4 is 5.43 Å². The second-order valence-electron chi connectivity index (χ2n) is 6.28. The number of nitrogens with zero attached hydrogens (tertiary/aromatic N) is 1. The molecule has 0 spiro atoms. The van der Waals surface area contributed by atoms with Crippen LogP contribution in [0, 0.1) is 20.8 Å². The van der Waals surface area contributed by atoms with E-state index in [4.69, 9.17) is 0 Å². The molecular formula is C19H22N2OS. The SMILES string of the molecule is Cc1cc(C)c(C=NNC(=O)c2cc3c(s2)CCCC3)c(C)c1. The van der Waals surface area contributed by atoms with Crippen molar-refractivity contribution in [2.45, 2.75) is 46.5 Å². The molecule has 3 rings (SSSR count). The van der Waals surface area contributed by atoms with Crippen molar-refractivity contribution in [1.29, 1.82) is 0 Å². The van der Waals surface area contributed by atoms with Gasteiger partial charge in [0.2, 0.25) is 0 Å². The fraction of sp³-hybridized carbons (Fsp3) is 0.368. The van der Waals surface area contributed by atoms with E-state index in [2.05, 4.69) is 43.4 Å². The molecule has 0 radical (unpaired) electrons. The Kier molecular flexibility index (Phi) is 4.62. The van der Waals surface area contributed by atoms with Crippen LogP contribution in [-0.4, -0.2) is 12.1 Å². The van der Waals surface area contributed by atoms with Gasteiger partial charge in [-0.2, -0.15) is 5.10 Å². The standard InChI is InChI=1S/C19H22N2OS/c1-12-8-13(2)16(14(3)9-12)11-20-21-19(22)18-10-15-6-4-5-7-17(15)23-18/h8-11H,4-7H2,1-3H3,(H,21,22). The summed E-state index contributed by atoms with van der Waals surface area (Å²) in [7, 11) is 0. The third-order valence-corrected chi connectivity index (χ3v) is 5.55. The molecule has 1 aromatic heterocycles. The molecule has 0 bridgehead atoms. The topological polar surface area (TPSA) is 41.5 Å². The molecule has 0 unspecified atom stereocenters. The quantitative estimate of drug-likeness (QED) is 0.662. The first-order valence-corrected chi connectivity index (χ1v) is 8.89. The lowest BCUT2D eigenvalue weighted by Crippen LogP contribution is -2.16. The third-order valence-electron chi connectivity index (χ3n) is 4.32. The van der Waals surface area contributed by atoms with Crippen LogP contribution in [0.25, 0.3) is 0 Å². The van der Waals surface area contributed by atoms with Crippen LogP contribution in [-0.2, 0) is 12.8 Å². The molecule has 0 atom stereocenters. The van der Waals surface area contributed by atoms with Gasteiger partial charge < -0.3 is 0 Å². The predicted molar refractivity (Wildman–Crippen MR) is 96.7 cm³/mol. The van der Waals surface area contributed by atoms with E-state index < -0.39 is 0 Å². The highest BCUT2D eigenvalue weighted by Gasteiger charge is 2.16. The van der Waals surface area contributed by atoms with Gasteiger partial charge in [-0.05, 0) is 69.2 Å². The number of hydrogen-bond donors (Lipinski definition) is 1. The zero-order valence-corrected chi connectivity index (χ0v) is 14.7. The number of benzene rings is 1. The second kappa shape index (κ2) is 6.67. The summed E-state index contributed by atoms with van der Waals surface area (Å²) in [5.74, 6) is -0.108. The largest absolute Gasteiger partial charge is 0.281 e. The van der Waals surface area contributed by atoms with Crippen molar-refractivity contribution in [3.8, 4) is 0 Å². The lowest BCUT2D eigenvalue weighted by Gasteiger charge is -2.08. The molecule has 1 aliphatic carbocycles. The first-order valence-electron chi connectivity index (χ1n) is 8.07. The van der Waals surface area contributed by atoms with Gasteiger partial charge in [-0.15, -0.1) is 11.3 Å². The van der Waals surface area contributed by atoms with Crippen molar-refractivity contribution in [3.63, 3.8) is 0 Å². The number of carbonyl (C=O) groups excluding carboxylic acids is 1. The molecule has 3 nitrogen and oxygen atoms in total. The summed E-state index contributed by atoms with van der Waals surface area (Å²) in [5, 5.41) is 4.16. The van der Waals surface area contributed by atoms with Gasteiger partial charge in [0.15, 0.2) is 0 Å². The summed E-state index contributed by atoms with van der Waals surface area (Å²) in [4.78, 5) is 14.4. The number of hydrazone groups is 1. The zero-order chi connectivity index (χ0) is 16.4. The molecule has 1 aromatic carbocycles. The minimum absolute atomic E-state index is 0.108. The Morgan fingerprint density at radius 2 is 1.83 bits per heavy atom. The van der Waals surface area contributed by atoms with Crippen LogP contribution in [0.5, 0.6) is 0 Å². The van der Waals surface area contributed by atoms with Crippen molar-refractivity contribution in [2.24, 2.45) is 5.10 Å². The minimum Gasteiger partial charge on any atom is -0.266 e. The van der Waals surface area contributed by atoms with Crippen LogP contribution in [0.1, 0.15) is 55.2 Å². The van der Waals surface area contributed by atoms with E-state index in [0.717, 1.165) is 23.3 Å². The van der Waals surface area contributed by atoms with Gasteiger partial charge in [-0.3, -0.25) is 4.79 Å². The van der Waals surface area contributed by atoms with E-state index in [0.29, 0.717) is 0 Å². The van der Waals surface area contributed by atoms with Crippen molar-refractivity contribution in [3.05, 3.63) is 55.8 Å². The molecule has 0 saturated heterocycles. The van der Waals surface area contributed by atoms with Gasteiger partial charge >= 0.3 is 0 Å². The number of amides is 1. The summed E-state index contributed by atoms with van der Waals surface area (Å²) in [5.41, 5.74) is 8.67. The number of rotatable bonds is 3. The maximum Gasteiger partial charge on any atom is 0.281 e. The van der Waals surface area contributed by atoms with Gasteiger partial charge in [0, 0.05) is 10.4 Å². The number of nitrogens with one attached hydrogen (secondary N) is 1. The Bertz CT molecular complexity index is 727. The van der Waals surface area contributed by atoms with E-state index in [1.807, 2.05) is 6.07 Å². The zero-order valence-electron chi connectivity index (χ0n) is 13.9. The number of fused-ring (bicyclic) bond motifs is 1. The lowest BCUT2D eigenvalue weighted by molar-refractivity contribution is 0.0959. The molecule has 0 saturated carbocycles.